The highest BCUT2D eigenvalue weighted by Gasteiger charge is 2.33. The summed E-state index contributed by atoms with van der Waals surface area (Å²) in [5.41, 5.74) is 2.79. The van der Waals surface area contributed by atoms with E-state index in [1.165, 1.54) is 0 Å². The molecule has 6 nitrogen and oxygen atoms in total. The molecule has 1 aliphatic heterocycles. The van der Waals surface area contributed by atoms with E-state index in [4.69, 9.17) is 11.6 Å². The summed E-state index contributed by atoms with van der Waals surface area (Å²) in [7, 11) is 0. The van der Waals surface area contributed by atoms with Crippen LogP contribution in [0.3, 0.4) is 0 Å². The van der Waals surface area contributed by atoms with Gasteiger partial charge in [0.25, 0.3) is 5.91 Å². The van der Waals surface area contributed by atoms with Crippen LogP contribution in [0.15, 0.2) is 48.8 Å². The van der Waals surface area contributed by atoms with Crippen LogP contribution in [0.4, 0.5) is 5.69 Å². The fraction of sp³-hybridized carbons (Fsp3) is 0.211. The molecule has 2 amide bonds. The number of fused-ring (bicyclic) bond motifs is 1. The molecule has 1 saturated heterocycles. The normalized spacial score (nSPS) is 17.1. The number of aryl methyl sites for hydroxylation is 1. The van der Waals surface area contributed by atoms with Gasteiger partial charge in [0.05, 0.1) is 16.8 Å². The number of pyridine rings is 1. The van der Waals surface area contributed by atoms with Gasteiger partial charge < -0.3 is 14.6 Å². The van der Waals surface area contributed by atoms with Crippen LogP contribution >= 0.6 is 11.6 Å². The third-order valence-electron chi connectivity index (χ3n) is 4.44. The van der Waals surface area contributed by atoms with E-state index in [9.17, 15) is 9.59 Å². The summed E-state index contributed by atoms with van der Waals surface area (Å²) >= 11 is 6.18. The molecule has 1 N–H and O–H groups in total. The fourth-order valence-electron chi connectivity index (χ4n) is 3.18. The Morgan fingerprint density at radius 3 is 2.85 bits per heavy atom. The number of carbonyl (C=O) groups is 2. The first-order valence-corrected chi connectivity index (χ1v) is 8.70. The minimum Gasteiger partial charge on any atom is -0.346 e. The van der Waals surface area contributed by atoms with Crippen molar-refractivity contribution in [2.45, 2.75) is 19.4 Å². The molecule has 0 bridgehead atoms. The van der Waals surface area contributed by atoms with Crippen molar-refractivity contribution in [3.05, 3.63) is 65.1 Å². The van der Waals surface area contributed by atoms with Gasteiger partial charge in [-0.3, -0.25) is 9.59 Å². The van der Waals surface area contributed by atoms with Crippen molar-refractivity contribution in [2.24, 2.45) is 0 Å². The molecule has 7 heteroatoms. The van der Waals surface area contributed by atoms with Crippen molar-refractivity contribution in [3.63, 3.8) is 0 Å². The lowest BCUT2D eigenvalue weighted by atomic mass is 10.2. The molecular weight excluding hydrogens is 352 g/mol. The zero-order valence-corrected chi connectivity index (χ0v) is 14.9. The summed E-state index contributed by atoms with van der Waals surface area (Å²) in [6.07, 6.45) is 3.85. The molecule has 26 heavy (non-hydrogen) atoms. The summed E-state index contributed by atoms with van der Waals surface area (Å²) in [4.78, 5) is 30.8. The monoisotopic (exact) mass is 368 g/mol. The van der Waals surface area contributed by atoms with Gasteiger partial charge in [0.2, 0.25) is 5.91 Å². The number of amides is 2. The fourth-order valence-corrected chi connectivity index (χ4v) is 3.42. The molecule has 4 rings (SSSR count). The van der Waals surface area contributed by atoms with Crippen LogP contribution in [-0.2, 0) is 4.79 Å². The van der Waals surface area contributed by atoms with Gasteiger partial charge >= 0.3 is 0 Å². The zero-order valence-electron chi connectivity index (χ0n) is 14.1. The number of anilines is 1. The number of carbonyl (C=O) groups excluding carboxylic acids is 2. The number of benzene rings is 1. The van der Waals surface area contributed by atoms with Crippen LogP contribution in [0.2, 0.25) is 5.02 Å². The Labute approximate surface area is 155 Å². The average Bonchev–Trinajstić information content (AvgIpc) is 3.18. The molecule has 1 fully saturated rings. The molecule has 1 aliphatic rings. The second-order valence-electron chi connectivity index (χ2n) is 6.43. The first-order chi connectivity index (χ1) is 12.5. The summed E-state index contributed by atoms with van der Waals surface area (Å²) in [5, 5.41) is 3.42. The van der Waals surface area contributed by atoms with Crippen molar-refractivity contribution >= 4 is 34.7 Å². The van der Waals surface area contributed by atoms with E-state index in [-0.39, 0.29) is 24.3 Å². The van der Waals surface area contributed by atoms with Gasteiger partial charge in [0.15, 0.2) is 0 Å². The molecule has 3 aromatic rings. The molecule has 3 heterocycles. The van der Waals surface area contributed by atoms with E-state index in [0.29, 0.717) is 28.6 Å². The number of nitrogens with one attached hydrogen (secondary N) is 1. The standard InChI is InChI=1S/C19H17ClN4O2/c1-12-6-7-17-22-15(11-23(17)9-12)19(26)21-13-8-18(25)24(10-13)16-5-3-2-4-14(16)20/h2-7,9,11,13H,8,10H2,1H3,(H,21,26)/t13-/m0/s1. The third-order valence-corrected chi connectivity index (χ3v) is 4.75. The molecule has 0 saturated carbocycles. The van der Waals surface area contributed by atoms with Crippen LogP contribution < -0.4 is 10.2 Å². The smallest absolute Gasteiger partial charge is 0.271 e. The van der Waals surface area contributed by atoms with Crippen molar-refractivity contribution in [3.8, 4) is 0 Å². The Bertz CT molecular complexity index is 1010. The number of hydrogen-bond donors (Lipinski definition) is 1. The van der Waals surface area contributed by atoms with Gasteiger partial charge in [0.1, 0.15) is 11.3 Å². The van der Waals surface area contributed by atoms with Gasteiger partial charge in [-0.1, -0.05) is 29.8 Å². The van der Waals surface area contributed by atoms with Gasteiger partial charge in [0, 0.05) is 25.4 Å². The predicted octanol–water partition coefficient (Wildman–Crippen LogP) is 2.83. The lowest BCUT2D eigenvalue weighted by Crippen LogP contribution is -2.37. The highest BCUT2D eigenvalue weighted by molar-refractivity contribution is 6.33. The molecule has 0 spiro atoms. The molecule has 1 aromatic carbocycles. The number of nitrogens with zero attached hydrogens (tertiary/aromatic N) is 3. The number of aromatic nitrogens is 2. The summed E-state index contributed by atoms with van der Waals surface area (Å²) in [6, 6.07) is 10.7. The van der Waals surface area contributed by atoms with E-state index in [1.807, 2.05) is 41.8 Å². The molecule has 132 valence electrons. The SMILES string of the molecule is Cc1ccc2nc(C(=O)N[C@H]3CC(=O)N(c4ccccc4Cl)C3)cn2c1. The number of halogens is 1. The van der Waals surface area contributed by atoms with Crippen molar-refractivity contribution in [1.29, 1.82) is 0 Å². The van der Waals surface area contributed by atoms with Crippen molar-refractivity contribution < 1.29 is 9.59 Å². The molecule has 2 aromatic heterocycles. The van der Waals surface area contributed by atoms with E-state index in [2.05, 4.69) is 10.3 Å². The van der Waals surface area contributed by atoms with Gasteiger partial charge in [-0.2, -0.15) is 0 Å². The summed E-state index contributed by atoms with van der Waals surface area (Å²) in [5.74, 6) is -0.348. The van der Waals surface area contributed by atoms with E-state index >= 15 is 0 Å². The Balaban J connectivity index is 1.49. The van der Waals surface area contributed by atoms with Crippen LogP contribution in [-0.4, -0.2) is 33.8 Å². The Hall–Kier alpha value is -2.86. The Morgan fingerprint density at radius 2 is 2.04 bits per heavy atom. The zero-order chi connectivity index (χ0) is 18.3. The first-order valence-electron chi connectivity index (χ1n) is 8.32. The number of imidazole rings is 1. The predicted molar refractivity (Wildman–Crippen MR) is 99.6 cm³/mol. The Kier molecular flexibility index (Phi) is 4.12. The van der Waals surface area contributed by atoms with Crippen LogP contribution in [0.1, 0.15) is 22.5 Å². The molecule has 0 aliphatic carbocycles. The maximum atomic E-state index is 12.5. The largest absolute Gasteiger partial charge is 0.346 e. The number of hydrogen-bond acceptors (Lipinski definition) is 3. The second kappa shape index (κ2) is 6.46. The second-order valence-corrected chi connectivity index (χ2v) is 6.84. The van der Waals surface area contributed by atoms with Gasteiger partial charge in [-0.05, 0) is 30.7 Å². The minimum atomic E-state index is -0.287. The minimum absolute atomic E-state index is 0.0611. The molecule has 0 radical (unpaired) electrons. The third kappa shape index (κ3) is 3.04. The lowest BCUT2D eigenvalue weighted by Gasteiger charge is -2.18. The van der Waals surface area contributed by atoms with Crippen LogP contribution in [0, 0.1) is 6.92 Å². The van der Waals surface area contributed by atoms with Crippen LogP contribution in [0.5, 0.6) is 0 Å². The summed E-state index contributed by atoms with van der Waals surface area (Å²) in [6.45, 7) is 2.37. The molecule has 1 atom stereocenters. The van der Waals surface area contributed by atoms with E-state index in [0.717, 1.165) is 5.56 Å². The lowest BCUT2D eigenvalue weighted by molar-refractivity contribution is -0.117. The quantitative estimate of drug-likeness (QED) is 0.773. The topological polar surface area (TPSA) is 66.7 Å². The van der Waals surface area contributed by atoms with E-state index < -0.39 is 0 Å². The highest BCUT2D eigenvalue weighted by Crippen LogP contribution is 2.29. The maximum Gasteiger partial charge on any atom is 0.271 e. The maximum absolute atomic E-state index is 12.5. The molecular formula is C19H17ClN4O2. The molecule has 0 unspecified atom stereocenters. The highest BCUT2D eigenvalue weighted by atomic mass is 35.5. The summed E-state index contributed by atoms with van der Waals surface area (Å²) < 4.78 is 1.82. The number of para-hydroxylation sites is 1. The van der Waals surface area contributed by atoms with Crippen LogP contribution in [0.25, 0.3) is 5.65 Å². The number of rotatable bonds is 3. The average molecular weight is 369 g/mol. The van der Waals surface area contributed by atoms with Crippen molar-refractivity contribution in [1.82, 2.24) is 14.7 Å². The first kappa shape index (κ1) is 16.6. The van der Waals surface area contributed by atoms with E-state index in [1.54, 1.807) is 23.2 Å². The Morgan fingerprint density at radius 1 is 1.23 bits per heavy atom. The van der Waals surface area contributed by atoms with Gasteiger partial charge in [-0.15, -0.1) is 0 Å². The van der Waals surface area contributed by atoms with Gasteiger partial charge in [-0.25, -0.2) is 4.98 Å². The van der Waals surface area contributed by atoms with Crippen molar-refractivity contribution in [2.75, 3.05) is 11.4 Å².